The van der Waals surface area contributed by atoms with Gasteiger partial charge in [0.25, 0.3) is 0 Å². The summed E-state index contributed by atoms with van der Waals surface area (Å²) >= 11 is 1.17. The molecule has 76 valence electrons. The fourth-order valence-corrected chi connectivity index (χ4v) is 6.86. The molecule has 0 heterocycles. The Morgan fingerprint density at radius 1 is 1.47 bits per heavy atom. The van der Waals surface area contributed by atoms with Crippen LogP contribution in [0.15, 0.2) is 22.7 Å². The third-order valence-electron chi connectivity index (χ3n) is 1.73. The van der Waals surface area contributed by atoms with Crippen LogP contribution in [0.3, 0.4) is 0 Å². The molecule has 0 fully saturated rings. The van der Waals surface area contributed by atoms with Gasteiger partial charge in [0.1, 0.15) is 0 Å². The van der Waals surface area contributed by atoms with Crippen LogP contribution in [0, 0.1) is 0 Å². The second kappa shape index (κ2) is 5.60. The Kier molecular flexibility index (Phi) is 4.72. The van der Waals surface area contributed by atoms with E-state index >= 15 is 0 Å². The average Bonchev–Trinajstić information content (AvgIpc) is 2.14. The maximum absolute atomic E-state index is 10.9. The molecule has 0 atom stereocenters. The second-order valence-electron chi connectivity index (χ2n) is 2.89. The Morgan fingerprint density at radius 2 is 2.13 bits per heavy atom. The van der Waals surface area contributed by atoms with Gasteiger partial charge in [-0.15, -0.1) is 0 Å². The van der Waals surface area contributed by atoms with Crippen LogP contribution in [-0.2, 0) is 32.5 Å². The van der Waals surface area contributed by atoms with Gasteiger partial charge >= 0.3 is 108 Å². The molecule has 0 aliphatic heterocycles. The van der Waals surface area contributed by atoms with Crippen LogP contribution in [-0.4, -0.2) is 17.0 Å². The van der Waals surface area contributed by atoms with Crippen LogP contribution >= 0.6 is 15.9 Å². The predicted molar refractivity (Wildman–Crippen MR) is 52.5 cm³/mol. The van der Waals surface area contributed by atoms with Gasteiger partial charge in [0.05, 0.1) is 0 Å². The number of hydrogen-bond donors (Lipinski definition) is 1. The Balaban J connectivity index is 2.96. The van der Waals surface area contributed by atoms with Crippen molar-refractivity contribution in [3.05, 3.63) is 28.2 Å². The molecule has 1 aromatic carbocycles. The molecule has 0 bridgehead atoms. The molecule has 1 rings (SSSR count). The molecule has 1 N–H and O–H groups in total. The zero-order valence-electron chi connectivity index (χ0n) is 7.99. The third-order valence-corrected chi connectivity index (χ3v) is 7.85. The number of benzene rings is 1. The first-order valence-electron chi connectivity index (χ1n) is 4.16. The van der Waals surface area contributed by atoms with Crippen molar-refractivity contribution in [3.63, 3.8) is 0 Å². The first-order chi connectivity index (χ1) is 7.00. The van der Waals surface area contributed by atoms with Crippen molar-refractivity contribution in [2.24, 2.45) is 0 Å². The van der Waals surface area contributed by atoms with Crippen LogP contribution in [0.25, 0.3) is 0 Å². The normalized spacial score (nSPS) is 9.20. The Bertz CT molecular complexity index is 405. The molecule has 1 aromatic rings. The van der Waals surface area contributed by atoms with E-state index in [4.69, 9.17) is 7.75 Å². The zero-order valence-corrected chi connectivity index (χ0v) is 15.1. The van der Waals surface area contributed by atoms with Crippen molar-refractivity contribution in [1.29, 1.82) is 0 Å². The van der Waals surface area contributed by atoms with Gasteiger partial charge in [-0.25, -0.2) is 0 Å². The molecule has 0 aromatic heterocycles. The number of rotatable bonds is 3. The number of carbonyl (C=O) groups is 2. The molecule has 0 aliphatic rings. The van der Waals surface area contributed by atoms with Crippen LogP contribution in [0.4, 0.5) is 0 Å². The summed E-state index contributed by atoms with van der Waals surface area (Å²) in [4.78, 5) is 21.5. The molecule has 15 heavy (non-hydrogen) atoms. The molecule has 4 nitrogen and oxygen atoms in total. The number of carboxylic acid groups (broad SMARTS) is 1. The maximum atomic E-state index is 10.9. The molecule has 0 saturated carbocycles. The molecule has 0 radical (unpaired) electrons. The van der Waals surface area contributed by atoms with Crippen LogP contribution in [0.2, 0.25) is 0 Å². The van der Waals surface area contributed by atoms with Gasteiger partial charge in [-0.1, -0.05) is 0 Å². The molecular formula is C9H7BrHgO4. The minimum atomic E-state index is -2.08. The van der Waals surface area contributed by atoms with Gasteiger partial charge in [0.15, 0.2) is 0 Å². The molecule has 0 unspecified atom stereocenters. The Morgan fingerprint density at radius 3 is 2.67 bits per heavy atom. The van der Waals surface area contributed by atoms with E-state index in [1.165, 1.54) is 13.0 Å². The van der Waals surface area contributed by atoms with Gasteiger partial charge in [0, 0.05) is 0 Å². The standard InChI is InChI=1S/C7H4BrO2.C2H4O2.Hg/c8-6-3-1-5(2-4-6)7(9)10;1-2(3)4;/h1,3-4H,(H,9,10);1H3,(H,3,4);/q;;+1/p-1. The number of aromatic carboxylic acids is 1. The minimum absolute atomic E-state index is 0.237. The summed E-state index contributed by atoms with van der Waals surface area (Å²) in [5.41, 5.74) is 0.237. The first-order valence-corrected chi connectivity index (χ1v) is 9.94. The molecule has 0 spiro atoms. The summed E-state index contributed by atoms with van der Waals surface area (Å²) in [6, 6.07) is 4.90. The molecule has 6 heteroatoms. The molecular weight excluding hydrogens is 453 g/mol. The fraction of sp³-hybridized carbons (Fsp3) is 0.111. The number of carboxylic acids is 1. The van der Waals surface area contributed by atoms with Crippen molar-refractivity contribution < 1.29 is 42.4 Å². The summed E-state index contributed by atoms with van der Waals surface area (Å²) in [5, 5.41) is 8.90. The van der Waals surface area contributed by atoms with Crippen molar-refractivity contribution >= 4 is 30.9 Å². The predicted octanol–water partition coefficient (Wildman–Crippen LogP) is 1.33. The van der Waals surface area contributed by atoms with Gasteiger partial charge in [0.2, 0.25) is 0 Å². The van der Waals surface area contributed by atoms with Crippen LogP contribution < -0.4 is 3.07 Å². The number of hydrogen-bond acceptors (Lipinski definition) is 3. The molecule has 0 aliphatic carbocycles. The van der Waals surface area contributed by atoms with Crippen LogP contribution in [0.1, 0.15) is 17.3 Å². The number of halogens is 1. The summed E-state index contributed by atoms with van der Waals surface area (Å²) < 4.78 is 6.46. The van der Waals surface area contributed by atoms with Gasteiger partial charge in [-0.3, -0.25) is 0 Å². The van der Waals surface area contributed by atoms with Crippen molar-refractivity contribution in [2.75, 3.05) is 0 Å². The third kappa shape index (κ3) is 3.91. The van der Waals surface area contributed by atoms with Gasteiger partial charge < -0.3 is 0 Å². The van der Waals surface area contributed by atoms with Gasteiger partial charge in [-0.05, 0) is 0 Å². The van der Waals surface area contributed by atoms with Crippen molar-refractivity contribution in [3.8, 4) is 0 Å². The van der Waals surface area contributed by atoms with E-state index in [1.54, 1.807) is 12.1 Å². The van der Waals surface area contributed by atoms with E-state index < -0.39 is 31.0 Å². The Hall–Kier alpha value is -0.425. The van der Waals surface area contributed by atoms with Crippen LogP contribution in [0.5, 0.6) is 0 Å². The van der Waals surface area contributed by atoms with Gasteiger partial charge in [-0.2, -0.15) is 0 Å². The summed E-state index contributed by atoms with van der Waals surface area (Å²) in [7, 11) is 0. The van der Waals surface area contributed by atoms with E-state index in [0.717, 1.165) is 4.47 Å². The van der Waals surface area contributed by atoms with E-state index in [1.807, 2.05) is 0 Å². The SMILES string of the molecule is CC(=O)[O][Hg][c]1cc(Br)ccc1C(=O)O. The molecule has 0 amide bonds. The quantitative estimate of drug-likeness (QED) is 0.693. The average molecular weight is 460 g/mol. The summed E-state index contributed by atoms with van der Waals surface area (Å²) in [5.74, 6) is -1.32. The van der Waals surface area contributed by atoms with E-state index in [0.29, 0.717) is 3.07 Å². The van der Waals surface area contributed by atoms with E-state index in [2.05, 4.69) is 15.9 Å². The second-order valence-corrected chi connectivity index (χ2v) is 9.01. The summed E-state index contributed by atoms with van der Waals surface area (Å²) in [6.45, 7) is 1.33. The number of carbonyl (C=O) groups excluding carboxylic acids is 1. The monoisotopic (exact) mass is 460 g/mol. The Labute approximate surface area is 108 Å². The topological polar surface area (TPSA) is 63.6 Å². The summed E-state index contributed by atoms with van der Waals surface area (Å²) in [6.07, 6.45) is 0. The fourth-order valence-electron chi connectivity index (χ4n) is 1.07. The molecule has 0 saturated heterocycles. The van der Waals surface area contributed by atoms with E-state index in [-0.39, 0.29) is 11.5 Å². The zero-order chi connectivity index (χ0) is 11.4. The van der Waals surface area contributed by atoms with E-state index in [9.17, 15) is 9.59 Å². The van der Waals surface area contributed by atoms with Crippen molar-refractivity contribution in [2.45, 2.75) is 6.92 Å². The van der Waals surface area contributed by atoms with Crippen molar-refractivity contribution in [1.82, 2.24) is 0 Å². The first kappa shape index (κ1) is 12.6.